The molecule has 2 aliphatic rings. The fourth-order valence-electron chi connectivity index (χ4n) is 2.38. The molecule has 15 heavy (non-hydrogen) atoms. The van der Waals surface area contributed by atoms with Crippen LogP contribution in [0.5, 0.6) is 0 Å². The molecule has 2 amide bonds. The number of hydrogen-bond acceptors (Lipinski definition) is 1. The van der Waals surface area contributed by atoms with Crippen LogP contribution in [0.3, 0.4) is 0 Å². The zero-order valence-corrected chi connectivity index (χ0v) is 9.74. The normalized spacial score (nSPS) is 22.3. The van der Waals surface area contributed by atoms with E-state index in [1.807, 2.05) is 0 Å². The number of rotatable bonds is 2. The molecule has 1 heterocycles. The topological polar surface area (TPSA) is 23.6 Å². The quantitative estimate of drug-likeness (QED) is 0.687. The van der Waals surface area contributed by atoms with Crippen molar-refractivity contribution in [1.29, 1.82) is 0 Å². The van der Waals surface area contributed by atoms with Gasteiger partial charge in [0.2, 0.25) is 0 Å². The van der Waals surface area contributed by atoms with Gasteiger partial charge in [0.05, 0.1) is 0 Å². The molecule has 3 heteroatoms. The van der Waals surface area contributed by atoms with Crippen molar-refractivity contribution in [3.8, 4) is 0 Å². The van der Waals surface area contributed by atoms with E-state index in [1.54, 1.807) is 0 Å². The van der Waals surface area contributed by atoms with Crippen LogP contribution in [-0.2, 0) is 0 Å². The largest absolute Gasteiger partial charge is 0.325 e. The number of carbonyl (C=O) groups is 1. The fourth-order valence-corrected chi connectivity index (χ4v) is 2.38. The molecule has 0 bridgehead atoms. The maximum absolute atomic E-state index is 12.2. The molecule has 0 aromatic carbocycles. The van der Waals surface area contributed by atoms with Crippen LogP contribution in [0.4, 0.5) is 4.79 Å². The third-order valence-corrected chi connectivity index (χ3v) is 3.45. The van der Waals surface area contributed by atoms with Gasteiger partial charge < -0.3 is 9.80 Å². The number of hydrogen-bond donors (Lipinski definition) is 0. The lowest BCUT2D eigenvalue weighted by Crippen LogP contribution is -2.44. The zero-order chi connectivity index (χ0) is 10.7. The van der Waals surface area contributed by atoms with Crippen LogP contribution in [0.25, 0.3) is 0 Å². The Kier molecular flexibility index (Phi) is 3.49. The molecular formula is C12H22N2O. The van der Waals surface area contributed by atoms with E-state index in [0.29, 0.717) is 12.1 Å². The molecule has 0 atom stereocenters. The van der Waals surface area contributed by atoms with Crippen molar-refractivity contribution in [3.05, 3.63) is 0 Å². The van der Waals surface area contributed by atoms with Gasteiger partial charge >= 0.3 is 6.03 Å². The summed E-state index contributed by atoms with van der Waals surface area (Å²) in [7, 11) is 0. The third-order valence-electron chi connectivity index (χ3n) is 3.45. The molecule has 0 aromatic heterocycles. The summed E-state index contributed by atoms with van der Waals surface area (Å²) < 4.78 is 0. The molecule has 3 nitrogen and oxygen atoms in total. The lowest BCUT2D eigenvalue weighted by Gasteiger charge is -2.29. The molecule has 1 saturated heterocycles. The van der Waals surface area contributed by atoms with E-state index in [1.165, 1.54) is 38.5 Å². The van der Waals surface area contributed by atoms with Crippen LogP contribution < -0.4 is 0 Å². The highest BCUT2D eigenvalue weighted by molar-refractivity contribution is 5.75. The molecule has 86 valence electrons. The van der Waals surface area contributed by atoms with Crippen LogP contribution in [0.15, 0.2) is 0 Å². The predicted molar refractivity (Wildman–Crippen MR) is 60.8 cm³/mol. The van der Waals surface area contributed by atoms with Crippen LogP contribution in [0, 0.1) is 0 Å². The van der Waals surface area contributed by atoms with Crippen LogP contribution in [0.2, 0.25) is 0 Å². The number of urea groups is 1. The summed E-state index contributed by atoms with van der Waals surface area (Å²) in [6, 6.07) is 0.854. The Balaban J connectivity index is 1.91. The molecule has 1 aliphatic carbocycles. The lowest BCUT2D eigenvalue weighted by atomic mass is 10.2. The van der Waals surface area contributed by atoms with Gasteiger partial charge in [-0.3, -0.25) is 0 Å². The first-order chi connectivity index (χ1) is 7.33. The lowest BCUT2D eigenvalue weighted by molar-refractivity contribution is 0.154. The van der Waals surface area contributed by atoms with Crippen LogP contribution in [-0.4, -0.2) is 41.5 Å². The summed E-state index contributed by atoms with van der Waals surface area (Å²) in [4.78, 5) is 16.3. The van der Waals surface area contributed by atoms with Gasteiger partial charge in [-0.2, -0.15) is 0 Å². The van der Waals surface area contributed by atoms with Gasteiger partial charge in [-0.1, -0.05) is 12.8 Å². The minimum absolute atomic E-state index is 0.293. The Morgan fingerprint density at radius 2 is 1.80 bits per heavy atom. The SMILES string of the molecule is CCN(C(=O)N1CCCCCC1)C1CC1. The molecule has 0 N–H and O–H groups in total. The monoisotopic (exact) mass is 210 g/mol. The van der Waals surface area contributed by atoms with E-state index in [9.17, 15) is 4.79 Å². The average molecular weight is 210 g/mol. The average Bonchev–Trinajstić information content (AvgIpc) is 3.05. The Hall–Kier alpha value is -0.730. The van der Waals surface area contributed by atoms with E-state index in [2.05, 4.69) is 16.7 Å². The van der Waals surface area contributed by atoms with Crippen molar-refractivity contribution in [3.63, 3.8) is 0 Å². The maximum Gasteiger partial charge on any atom is 0.320 e. The van der Waals surface area contributed by atoms with Crippen molar-refractivity contribution < 1.29 is 4.79 Å². The van der Waals surface area contributed by atoms with Crippen molar-refractivity contribution in [2.45, 2.75) is 51.5 Å². The highest BCUT2D eigenvalue weighted by Crippen LogP contribution is 2.27. The van der Waals surface area contributed by atoms with E-state index < -0.39 is 0 Å². The first kappa shape index (κ1) is 10.8. The van der Waals surface area contributed by atoms with Crippen LogP contribution >= 0.6 is 0 Å². The summed E-state index contributed by atoms with van der Waals surface area (Å²) in [5, 5.41) is 0. The molecule has 1 aliphatic heterocycles. The van der Waals surface area contributed by atoms with E-state index >= 15 is 0 Å². The third kappa shape index (κ3) is 2.64. The van der Waals surface area contributed by atoms with Crippen molar-refractivity contribution in [2.75, 3.05) is 19.6 Å². The molecule has 2 rings (SSSR count). The molecule has 0 aromatic rings. The van der Waals surface area contributed by atoms with Gasteiger partial charge in [-0.05, 0) is 32.6 Å². The zero-order valence-electron chi connectivity index (χ0n) is 9.74. The highest BCUT2D eigenvalue weighted by atomic mass is 16.2. The van der Waals surface area contributed by atoms with Gasteiger partial charge in [0, 0.05) is 25.7 Å². The molecule has 0 spiro atoms. The molecule has 2 fully saturated rings. The molecule has 0 radical (unpaired) electrons. The number of nitrogens with zero attached hydrogens (tertiary/aromatic N) is 2. The van der Waals surface area contributed by atoms with E-state index in [0.717, 1.165) is 19.6 Å². The summed E-state index contributed by atoms with van der Waals surface area (Å²) in [5.74, 6) is 0. The Morgan fingerprint density at radius 1 is 1.20 bits per heavy atom. The molecule has 1 saturated carbocycles. The maximum atomic E-state index is 12.2. The summed E-state index contributed by atoms with van der Waals surface area (Å²) in [5.41, 5.74) is 0. The second-order valence-corrected chi connectivity index (χ2v) is 4.70. The van der Waals surface area contributed by atoms with Gasteiger partial charge in [0.25, 0.3) is 0 Å². The fraction of sp³-hybridized carbons (Fsp3) is 0.917. The number of amides is 2. The minimum atomic E-state index is 0.293. The summed E-state index contributed by atoms with van der Waals surface area (Å²) in [6.07, 6.45) is 7.39. The number of likely N-dealkylation sites (tertiary alicyclic amines) is 1. The Labute approximate surface area is 92.4 Å². The van der Waals surface area contributed by atoms with E-state index in [4.69, 9.17) is 0 Å². The predicted octanol–water partition coefficient (Wildman–Crippen LogP) is 2.47. The number of carbonyl (C=O) groups excluding carboxylic acids is 1. The van der Waals surface area contributed by atoms with Gasteiger partial charge in [-0.15, -0.1) is 0 Å². The second-order valence-electron chi connectivity index (χ2n) is 4.70. The van der Waals surface area contributed by atoms with Crippen LogP contribution in [0.1, 0.15) is 45.4 Å². The van der Waals surface area contributed by atoms with Crippen molar-refractivity contribution in [1.82, 2.24) is 9.80 Å². The molecular weight excluding hydrogens is 188 g/mol. The summed E-state index contributed by atoms with van der Waals surface area (Å²) >= 11 is 0. The second kappa shape index (κ2) is 4.86. The van der Waals surface area contributed by atoms with Gasteiger partial charge in [0.1, 0.15) is 0 Å². The van der Waals surface area contributed by atoms with E-state index in [-0.39, 0.29) is 0 Å². The minimum Gasteiger partial charge on any atom is -0.325 e. The Bertz CT molecular complexity index is 218. The summed E-state index contributed by atoms with van der Waals surface area (Å²) in [6.45, 7) is 4.91. The van der Waals surface area contributed by atoms with Crippen molar-refractivity contribution >= 4 is 6.03 Å². The molecule has 0 unspecified atom stereocenters. The first-order valence-electron chi connectivity index (χ1n) is 6.38. The van der Waals surface area contributed by atoms with Gasteiger partial charge in [0.15, 0.2) is 0 Å². The highest BCUT2D eigenvalue weighted by Gasteiger charge is 2.33. The van der Waals surface area contributed by atoms with Gasteiger partial charge in [-0.25, -0.2) is 4.79 Å². The first-order valence-corrected chi connectivity index (χ1v) is 6.38. The van der Waals surface area contributed by atoms with Crippen molar-refractivity contribution in [2.24, 2.45) is 0 Å². The Morgan fingerprint density at radius 3 is 2.27 bits per heavy atom. The smallest absolute Gasteiger partial charge is 0.320 e. The standard InChI is InChI=1S/C12H22N2O/c1-2-14(11-7-8-11)12(15)13-9-5-3-4-6-10-13/h11H,2-10H2,1H3.